The van der Waals surface area contributed by atoms with Gasteiger partial charge in [0, 0.05) is 29.6 Å². The van der Waals surface area contributed by atoms with Crippen LogP contribution in [0.2, 0.25) is 5.02 Å². The Kier molecular flexibility index (Phi) is 8.90. The first-order chi connectivity index (χ1) is 16.1. The van der Waals surface area contributed by atoms with Crippen molar-refractivity contribution in [2.24, 2.45) is 0 Å². The van der Waals surface area contributed by atoms with Crippen LogP contribution in [0, 0.1) is 0 Å². The molecule has 8 heteroatoms. The Bertz CT molecular complexity index is 993. The first-order valence-electron chi connectivity index (χ1n) is 11.3. The number of halogens is 1. The van der Waals surface area contributed by atoms with Crippen molar-refractivity contribution in [1.29, 1.82) is 0 Å². The molecule has 0 unspecified atom stereocenters. The fourth-order valence-electron chi connectivity index (χ4n) is 4.10. The van der Waals surface area contributed by atoms with E-state index in [0.717, 1.165) is 16.0 Å². The molecule has 0 spiro atoms. The number of carbonyl (C=O) groups excluding carboxylic acids is 2. The van der Waals surface area contributed by atoms with Crippen molar-refractivity contribution in [3.05, 3.63) is 64.7 Å². The van der Waals surface area contributed by atoms with Crippen molar-refractivity contribution < 1.29 is 19.1 Å². The first-order valence-corrected chi connectivity index (χ1v) is 12.9. The summed E-state index contributed by atoms with van der Waals surface area (Å²) in [7, 11) is 1.39. The van der Waals surface area contributed by atoms with Crippen LogP contribution in [0.3, 0.4) is 0 Å². The molecule has 1 aliphatic heterocycles. The number of esters is 1. The summed E-state index contributed by atoms with van der Waals surface area (Å²) in [5.41, 5.74) is 1.30. The van der Waals surface area contributed by atoms with Gasteiger partial charge in [-0.1, -0.05) is 41.9 Å². The molecular weight excluding hydrogens is 472 g/mol. The zero-order chi connectivity index (χ0) is 24.9. The van der Waals surface area contributed by atoms with Crippen LogP contribution < -0.4 is 0 Å². The second-order valence-corrected chi connectivity index (χ2v) is 10.7. The van der Waals surface area contributed by atoms with E-state index >= 15 is 0 Å². The molecule has 0 bridgehead atoms. The lowest BCUT2D eigenvalue weighted by molar-refractivity contribution is -0.146. The van der Waals surface area contributed by atoms with Gasteiger partial charge in [0.05, 0.1) is 13.2 Å². The molecule has 3 rings (SSSR count). The van der Waals surface area contributed by atoms with Gasteiger partial charge in [-0.15, -0.1) is 11.8 Å². The zero-order valence-electron chi connectivity index (χ0n) is 20.4. The fourth-order valence-corrected chi connectivity index (χ4v) is 4.70. The fraction of sp³-hybridized carbons (Fsp3) is 0.462. The van der Waals surface area contributed by atoms with Crippen molar-refractivity contribution >= 4 is 35.4 Å². The van der Waals surface area contributed by atoms with Gasteiger partial charge in [0.25, 0.3) is 0 Å². The number of hydrogen-bond donors (Lipinski definition) is 0. The van der Waals surface area contributed by atoms with Gasteiger partial charge in [-0.25, -0.2) is 4.79 Å². The molecule has 34 heavy (non-hydrogen) atoms. The number of nitrogens with zero attached hydrogens (tertiary/aromatic N) is 2. The average Bonchev–Trinajstić information content (AvgIpc) is 3.21. The highest BCUT2D eigenvalue weighted by molar-refractivity contribution is 7.98. The van der Waals surface area contributed by atoms with Crippen LogP contribution in [0.5, 0.6) is 0 Å². The Morgan fingerprint density at radius 3 is 2.41 bits per heavy atom. The number of hydrogen-bond acceptors (Lipinski definition) is 6. The van der Waals surface area contributed by atoms with Gasteiger partial charge in [0.15, 0.2) is 0 Å². The largest absolute Gasteiger partial charge is 0.468 e. The maximum absolute atomic E-state index is 13.3. The maximum Gasteiger partial charge on any atom is 0.410 e. The van der Waals surface area contributed by atoms with Crippen molar-refractivity contribution in [2.75, 3.05) is 19.9 Å². The minimum Gasteiger partial charge on any atom is -0.468 e. The van der Waals surface area contributed by atoms with Crippen LogP contribution in [0.15, 0.2) is 53.4 Å². The van der Waals surface area contributed by atoms with E-state index < -0.39 is 17.7 Å². The van der Waals surface area contributed by atoms with Crippen molar-refractivity contribution in [2.45, 2.75) is 62.9 Å². The normalized spacial score (nSPS) is 18.5. The quantitative estimate of drug-likeness (QED) is 0.360. The van der Waals surface area contributed by atoms with E-state index in [9.17, 15) is 9.59 Å². The average molecular weight is 505 g/mol. The highest BCUT2D eigenvalue weighted by atomic mass is 35.5. The Hall–Kier alpha value is -2.22. The lowest BCUT2D eigenvalue weighted by Gasteiger charge is -2.32. The zero-order valence-corrected chi connectivity index (χ0v) is 22.0. The molecule has 2 atom stereocenters. The minimum atomic E-state index is -0.629. The third kappa shape index (κ3) is 6.90. The van der Waals surface area contributed by atoms with E-state index in [4.69, 9.17) is 21.1 Å². The van der Waals surface area contributed by atoms with E-state index in [1.54, 1.807) is 16.7 Å². The molecule has 2 aromatic rings. The predicted octanol–water partition coefficient (Wildman–Crippen LogP) is 5.62. The Labute approximate surface area is 211 Å². The standard InChI is InChI=1S/C26H33ClN2O4S/c1-26(2,3)33-25(31)29(15-18-10-12-21(34-5)13-11-18)20-14-23(24(30)32-4)28(17-20)16-19-8-6-7-9-22(19)27/h6-13,20,23H,14-17H2,1-5H3/t20-,23-/m0/s1. The Morgan fingerprint density at radius 1 is 1.15 bits per heavy atom. The summed E-state index contributed by atoms with van der Waals surface area (Å²) in [5, 5.41) is 0.646. The molecule has 1 amide bonds. The van der Waals surface area contributed by atoms with Crippen LogP contribution in [-0.4, -0.2) is 59.5 Å². The van der Waals surface area contributed by atoms with Gasteiger partial charge in [-0.2, -0.15) is 0 Å². The topological polar surface area (TPSA) is 59.1 Å². The second-order valence-electron chi connectivity index (χ2n) is 9.41. The summed E-state index contributed by atoms with van der Waals surface area (Å²) < 4.78 is 10.8. The molecular formula is C26H33ClN2O4S. The van der Waals surface area contributed by atoms with Crippen LogP contribution >= 0.6 is 23.4 Å². The van der Waals surface area contributed by atoms with Crippen LogP contribution in [0.1, 0.15) is 38.3 Å². The van der Waals surface area contributed by atoms with E-state index in [0.29, 0.717) is 31.1 Å². The van der Waals surface area contributed by atoms with E-state index in [1.807, 2.05) is 80.5 Å². The molecule has 0 aromatic heterocycles. The number of rotatable bonds is 7. The van der Waals surface area contributed by atoms with Crippen molar-refractivity contribution in [1.82, 2.24) is 9.80 Å². The van der Waals surface area contributed by atoms with Gasteiger partial charge >= 0.3 is 12.1 Å². The number of methoxy groups -OCH3 is 1. The minimum absolute atomic E-state index is 0.221. The third-order valence-electron chi connectivity index (χ3n) is 5.77. The van der Waals surface area contributed by atoms with Gasteiger partial charge < -0.3 is 9.47 Å². The smallest absolute Gasteiger partial charge is 0.410 e. The lowest BCUT2D eigenvalue weighted by Crippen LogP contribution is -2.44. The number of amides is 1. The van der Waals surface area contributed by atoms with Crippen LogP contribution in [0.4, 0.5) is 4.79 Å². The lowest BCUT2D eigenvalue weighted by atomic mass is 10.1. The molecule has 2 aromatic carbocycles. The van der Waals surface area contributed by atoms with Crippen molar-refractivity contribution in [3.8, 4) is 0 Å². The van der Waals surface area contributed by atoms with E-state index in [1.165, 1.54) is 7.11 Å². The number of carbonyl (C=O) groups is 2. The van der Waals surface area contributed by atoms with Gasteiger partial charge in [-0.05, 0) is 62.8 Å². The first kappa shape index (κ1) is 26.4. The second kappa shape index (κ2) is 11.5. The highest BCUT2D eigenvalue weighted by Gasteiger charge is 2.42. The maximum atomic E-state index is 13.3. The summed E-state index contributed by atoms with van der Waals surface area (Å²) in [6.07, 6.45) is 2.09. The van der Waals surface area contributed by atoms with Crippen molar-refractivity contribution in [3.63, 3.8) is 0 Å². The number of benzene rings is 2. The number of ether oxygens (including phenoxy) is 2. The summed E-state index contributed by atoms with van der Waals surface area (Å²) >= 11 is 8.06. The highest BCUT2D eigenvalue weighted by Crippen LogP contribution is 2.29. The number of likely N-dealkylation sites (tertiary alicyclic amines) is 1. The molecule has 1 aliphatic rings. The molecule has 6 nitrogen and oxygen atoms in total. The summed E-state index contributed by atoms with van der Waals surface area (Å²) in [4.78, 5) is 30.9. The van der Waals surface area contributed by atoms with Crippen LogP contribution in [0.25, 0.3) is 0 Å². The molecule has 0 saturated carbocycles. The molecule has 1 saturated heterocycles. The Balaban J connectivity index is 1.87. The molecule has 0 radical (unpaired) electrons. The molecule has 0 aliphatic carbocycles. The third-order valence-corrected chi connectivity index (χ3v) is 6.88. The van der Waals surface area contributed by atoms with Crippen LogP contribution in [-0.2, 0) is 27.4 Å². The van der Waals surface area contributed by atoms with Gasteiger partial charge in [-0.3, -0.25) is 14.6 Å². The van der Waals surface area contributed by atoms with Gasteiger partial charge in [0.2, 0.25) is 0 Å². The molecule has 1 heterocycles. The molecule has 184 valence electrons. The SMILES string of the molecule is COC(=O)[C@@H]1C[C@H](N(Cc2ccc(SC)cc2)C(=O)OC(C)(C)C)CN1Cc1ccccc1Cl. The molecule has 1 fully saturated rings. The van der Waals surface area contributed by atoms with E-state index in [2.05, 4.69) is 0 Å². The monoisotopic (exact) mass is 504 g/mol. The van der Waals surface area contributed by atoms with E-state index in [-0.39, 0.29) is 12.0 Å². The van der Waals surface area contributed by atoms with Gasteiger partial charge in [0.1, 0.15) is 11.6 Å². The molecule has 0 N–H and O–H groups in total. The summed E-state index contributed by atoms with van der Waals surface area (Å²) in [6, 6.07) is 15.0. The predicted molar refractivity (Wildman–Crippen MR) is 136 cm³/mol. The Morgan fingerprint density at radius 2 is 1.82 bits per heavy atom. The summed E-state index contributed by atoms with van der Waals surface area (Å²) in [5.74, 6) is -0.317. The summed E-state index contributed by atoms with van der Waals surface area (Å²) in [6.45, 7) is 6.94. The number of thioether (sulfide) groups is 1.